The summed E-state index contributed by atoms with van der Waals surface area (Å²) in [5.74, 6) is 1.75. The smallest absolute Gasteiger partial charge is 0.195 e. The number of hydrogen-bond acceptors (Lipinski definition) is 4. The Balaban J connectivity index is 1.80. The van der Waals surface area contributed by atoms with Crippen molar-refractivity contribution in [1.82, 2.24) is 14.6 Å². The van der Waals surface area contributed by atoms with Gasteiger partial charge in [0.25, 0.3) is 0 Å². The molecular weight excluding hydrogens is 270 g/mol. The lowest BCUT2D eigenvalue weighted by Gasteiger charge is -2.08. The van der Waals surface area contributed by atoms with Gasteiger partial charge >= 0.3 is 0 Å². The number of benzene rings is 1. The fraction of sp³-hybridized carbons (Fsp3) is 0.200. The molecule has 0 radical (unpaired) electrons. The Morgan fingerprint density at radius 1 is 1.10 bits per heavy atom. The predicted molar refractivity (Wildman–Crippen MR) is 80.2 cm³/mol. The summed E-state index contributed by atoms with van der Waals surface area (Å²) in [6.45, 7) is 2.67. The van der Waals surface area contributed by atoms with Gasteiger partial charge in [0.2, 0.25) is 0 Å². The van der Waals surface area contributed by atoms with E-state index < -0.39 is 0 Å². The van der Waals surface area contributed by atoms with Gasteiger partial charge in [0, 0.05) is 17.5 Å². The Kier molecular flexibility index (Phi) is 3.87. The molecule has 4 nitrogen and oxygen atoms in total. The van der Waals surface area contributed by atoms with Gasteiger partial charge in [-0.2, -0.15) is 0 Å². The number of aromatic nitrogens is 3. The zero-order chi connectivity index (χ0) is 13.8. The van der Waals surface area contributed by atoms with E-state index in [9.17, 15) is 0 Å². The summed E-state index contributed by atoms with van der Waals surface area (Å²) in [6, 6.07) is 14.0. The molecule has 20 heavy (non-hydrogen) atoms. The highest BCUT2D eigenvalue weighted by Crippen LogP contribution is 2.27. The largest absolute Gasteiger partial charge is 0.494 e. The highest BCUT2D eigenvalue weighted by atomic mass is 32.2. The highest BCUT2D eigenvalue weighted by molar-refractivity contribution is 7.98. The third-order valence-corrected chi connectivity index (χ3v) is 3.90. The van der Waals surface area contributed by atoms with E-state index in [1.807, 2.05) is 53.9 Å². The Labute approximate surface area is 121 Å². The van der Waals surface area contributed by atoms with Gasteiger partial charge in [-0.25, -0.2) is 0 Å². The zero-order valence-electron chi connectivity index (χ0n) is 11.2. The van der Waals surface area contributed by atoms with Gasteiger partial charge in [-0.3, -0.25) is 4.40 Å². The Morgan fingerprint density at radius 3 is 2.85 bits per heavy atom. The van der Waals surface area contributed by atoms with Crippen LogP contribution in [-0.2, 0) is 5.75 Å². The average Bonchev–Trinajstić information content (AvgIpc) is 2.90. The van der Waals surface area contributed by atoms with Gasteiger partial charge in [0.1, 0.15) is 5.75 Å². The first kappa shape index (κ1) is 13.0. The second-order valence-corrected chi connectivity index (χ2v) is 5.18. The highest BCUT2D eigenvalue weighted by Gasteiger charge is 2.08. The van der Waals surface area contributed by atoms with Crippen molar-refractivity contribution in [2.24, 2.45) is 0 Å². The van der Waals surface area contributed by atoms with Crippen LogP contribution in [0, 0.1) is 0 Å². The third kappa shape index (κ3) is 2.63. The minimum atomic E-state index is 0.676. The van der Waals surface area contributed by atoms with Gasteiger partial charge in [0.15, 0.2) is 10.8 Å². The van der Waals surface area contributed by atoms with Gasteiger partial charge in [-0.15, -0.1) is 10.2 Å². The first-order valence-corrected chi connectivity index (χ1v) is 7.50. The average molecular weight is 285 g/mol. The van der Waals surface area contributed by atoms with Crippen molar-refractivity contribution in [3.63, 3.8) is 0 Å². The number of nitrogens with zero attached hydrogens (tertiary/aromatic N) is 3. The number of hydrogen-bond donors (Lipinski definition) is 0. The fourth-order valence-electron chi connectivity index (χ4n) is 1.98. The summed E-state index contributed by atoms with van der Waals surface area (Å²) in [5, 5.41) is 9.27. The van der Waals surface area contributed by atoms with Crippen molar-refractivity contribution < 1.29 is 4.74 Å². The van der Waals surface area contributed by atoms with E-state index >= 15 is 0 Å². The molecule has 2 heterocycles. The maximum Gasteiger partial charge on any atom is 0.195 e. The molecule has 0 aliphatic heterocycles. The van der Waals surface area contributed by atoms with E-state index in [1.165, 1.54) is 5.56 Å². The topological polar surface area (TPSA) is 39.4 Å². The zero-order valence-corrected chi connectivity index (χ0v) is 12.0. The van der Waals surface area contributed by atoms with E-state index in [2.05, 4.69) is 16.3 Å². The van der Waals surface area contributed by atoms with E-state index in [-0.39, 0.29) is 0 Å². The van der Waals surface area contributed by atoms with Crippen LogP contribution in [0.1, 0.15) is 12.5 Å². The molecule has 0 aliphatic rings. The molecule has 0 aliphatic carbocycles. The van der Waals surface area contributed by atoms with Crippen molar-refractivity contribution in [2.75, 3.05) is 6.61 Å². The molecule has 5 heteroatoms. The number of fused-ring (bicyclic) bond motifs is 1. The van der Waals surface area contributed by atoms with Crippen LogP contribution in [0.5, 0.6) is 5.75 Å². The van der Waals surface area contributed by atoms with E-state index in [0.29, 0.717) is 6.61 Å². The molecule has 1 aromatic carbocycles. The van der Waals surface area contributed by atoms with Crippen LogP contribution in [0.2, 0.25) is 0 Å². The van der Waals surface area contributed by atoms with Crippen molar-refractivity contribution in [1.29, 1.82) is 0 Å². The summed E-state index contributed by atoms with van der Waals surface area (Å²) in [4.78, 5) is 0. The molecule has 0 saturated heterocycles. The SMILES string of the molecule is CCOc1ccccc1CSc1nnc2ccccn12. The standard InChI is InChI=1S/C15H15N3OS/c1-2-19-13-8-4-3-7-12(13)11-20-15-17-16-14-9-5-6-10-18(14)15/h3-10H,2,11H2,1H3. The van der Waals surface area contributed by atoms with Gasteiger partial charge in [-0.05, 0) is 25.1 Å². The Hall–Kier alpha value is -2.01. The van der Waals surface area contributed by atoms with E-state index in [1.54, 1.807) is 11.8 Å². The third-order valence-electron chi connectivity index (χ3n) is 2.91. The predicted octanol–water partition coefficient (Wildman–Crippen LogP) is 3.42. The summed E-state index contributed by atoms with van der Waals surface area (Å²) in [5.41, 5.74) is 2.04. The lowest BCUT2D eigenvalue weighted by Crippen LogP contribution is -1.95. The quantitative estimate of drug-likeness (QED) is 0.673. The molecule has 0 spiro atoms. The van der Waals surface area contributed by atoms with Crippen LogP contribution in [0.15, 0.2) is 53.8 Å². The number of ether oxygens (including phenoxy) is 1. The maximum absolute atomic E-state index is 5.64. The molecule has 0 N–H and O–H groups in total. The monoisotopic (exact) mass is 285 g/mol. The summed E-state index contributed by atoms with van der Waals surface area (Å²) < 4.78 is 7.63. The molecule has 0 atom stereocenters. The van der Waals surface area contributed by atoms with Crippen molar-refractivity contribution in [3.8, 4) is 5.75 Å². The molecule has 0 amide bonds. The molecule has 3 aromatic rings. The van der Waals surface area contributed by atoms with Gasteiger partial charge in [-0.1, -0.05) is 36.0 Å². The van der Waals surface area contributed by atoms with E-state index in [4.69, 9.17) is 4.74 Å². The minimum absolute atomic E-state index is 0.676. The Bertz CT molecular complexity index is 711. The molecule has 0 unspecified atom stereocenters. The van der Waals surface area contributed by atoms with Crippen LogP contribution in [0.25, 0.3) is 5.65 Å². The second kappa shape index (κ2) is 5.96. The normalized spacial score (nSPS) is 10.8. The second-order valence-electron chi connectivity index (χ2n) is 4.24. The molecular formula is C15H15N3OS. The maximum atomic E-state index is 5.64. The first-order chi connectivity index (χ1) is 9.88. The summed E-state index contributed by atoms with van der Waals surface area (Å²) >= 11 is 1.66. The van der Waals surface area contributed by atoms with Crippen LogP contribution < -0.4 is 4.74 Å². The number of rotatable bonds is 5. The van der Waals surface area contributed by atoms with Crippen LogP contribution in [0.4, 0.5) is 0 Å². The van der Waals surface area contributed by atoms with Gasteiger partial charge < -0.3 is 4.74 Å². The van der Waals surface area contributed by atoms with E-state index in [0.717, 1.165) is 22.3 Å². The van der Waals surface area contributed by atoms with Crippen molar-refractivity contribution in [2.45, 2.75) is 17.8 Å². The van der Waals surface area contributed by atoms with Crippen molar-refractivity contribution in [3.05, 3.63) is 54.2 Å². The first-order valence-electron chi connectivity index (χ1n) is 6.51. The molecule has 2 aromatic heterocycles. The summed E-state index contributed by atoms with van der Waals surface area (Å²) in [6.07, 6.45) is 1.98. The number of thioether (sulfide) groups is 1. The molecule has 0 bridgehead atoms. The lowest BCUT2D eigenvalue weighted by molar-refractivity contribution is 0.337. The fourth-order valence-corrected chi connectivity index (χ4v) is 2.89. The van der Waals surface area contributed by atoms with Crippen molar-refractivity contribution >= 4 is 17.4 Å². The summed E-state index contributed by atoms with van der Waals surface area (Å²) in [7, 11) is 0. The van der Waals surface area contributed by atoms with Gasteiger partial charge in [0.05, 0.1) is 6.61 Å². The molecule has 102 valence electrons. The van der Waals surface area contributed by atoms with Crippen LogP contribution in [0.3, 0.4) is 0 Å². The Morgan fingerprint density at radius 2 is 1.95 bits per heavy atom. The van der Waals surface area contributed by atoms with Crippen LogP contribution >= 0.6 is 11.8 Å². The minimum Gasteiger partial charge on any atom is -0.494 e. The number of para-hydroxylation sites is 1. The molecule has 0 fully saturated rings. The molecule has 0 saturated carbocycles. The molecule has 3 rings (SSSR count). The number of pyridine rings is 1. The van der Waals surface area contributed by atoms with Crippen LogP contribution in [-0.4, -0.2) is 21.2 Å². The lowest BCUT2D eigenvalue weighted by atomic mass is 10.2.